The highest BCUT2D eigenvalue weighted by Crippen LogP contribution is 2.66. The molecule has 0 spiro atoms. The van der Waals surface area contributed by atoms with E-state index in [0.717, 1.165) is 36.8 Å². The van der Waals surface area contributed by atoms with Crippen LogP contribution in [0.3, 0.4) is 0 Å². The standard InChI is InChI=1S/C34H48N5O5P/c1-24(26-15-8-6-9-16-26)38-28-19-12-13-20-29(28)39(25(2)27-17-10-7-11-18-27)45(38,43)36-31(40)23-35-32(41)30-21-14-22-37(30)33(42)44-34(3,4)5/h6-11,15-18,24-25,28-30H,12-14,19-23H2,1-5H3,(H,35,41)(H,36,40,43)/t24-,25-,28-,29-,30+/m1/s1. The zero-order chi connectivity index (χ0) is 32.4. The van der Waals surface area contributed by atoms with Crippen molar-refractivity contribution in [2.45, 2.75) is 109 Å². The van der Waals surface area contributed by atoms with Crippen molar-refractivity contribution in [2.24, 2.45) is 0 Å². The summed E-state index contributed by atoms with van der Waals surface area (Å²) < 4.78 is 25.2. The fraction of sp³-hybridized carbons (Fsp3) is 0.559. The highest BCUT2D eigenvalue weighted by molar-refractivity contribution is 7.58. The number of hydrogen-bond acceptors (Lipinski definition) is 5. The fourth-order valence-corrected chi connectivity index (χ4v) is 10.6. The van der Waals surface area contributed by atoms with E-state index >= 15 is 4.57 Å². The average molecular weight is 638 g/mol. The van der Waals surface area contributed by atoms with Gasteiger partial charge in [0.05, 0.1) is 6.54 Å². The van der Waals surface area contributed by atoms with Crippen LogP contribution < -0.4 is 10.4 Å². The van der Waals surface area contributed by atoms with Gasteiger partial charge in [-0.05, 0) is 71.4 Å². The molecule has 11 heteroatoms. The highest BCUT2D eigenvalue weighted by atomic mass is 31.2. The van der Waals surface area contributed by atoms with Crippen molar-refractivity contribution in [2.75, 3.05) is 13.1 Å². The van der Waals surface area contributed by atoms with Crippen molar-refractivity contribution in [1.82, 2.24) is 24.6 Å². The number of nitrogens with one attached hydrogen (secondary N) is 2. The Kier molecular flexibility index (Phi) is 10.1. The van der Waals surface area contributed by atoms with Gasteiger partial charge in [0, 0.05) is 30.7 Å². The Hall–Kier alpha value is -3.20. The molecule has 2 aromatic rings. The van der Waals surface area contributed by atoms with Crippen molar-refractivity contribution in [1.29, 1.82) is 0 Å². The van der Waals surface area contributed by atoms with Gasteiger partial charge in [-0.1, -0.05) is 73.5 Å². The fourth-order valence-electron chi connectivity index (χ4n) is 7.22. The number of rotatable bonds is 8. The predicted octanol–water partition coefficient (Wildman–Crippen LogP) is 6.18. The van der Waals surface area contributed by atoms with Crippen molar-refractivity contribution < 1.29 is 23.7 Å². The lowest BCUT2D eigenvalue weighted by Crippen LogP contribution is -2.49. The van der Waals surface area contributed by atoms with Crippen molar-refractivity contribution >= 4 is 25.5 Å². The third-order valence-corrected chi connectivity index (χ3v) is 12.3. The second-order valence-electron chi connectivity index (χ2n) is 13.5. The van der Waals surface area contributed by atoms with Crippen LogP contribution in [0.4, 0.5) is 4.79 Å². The van der Waals surface area contributed by atoms with Crippen LogP contribution in [0.1, 0.15) is 96.4 Å². The number of amides is 3. The van der Waals surface area contributed by atoms with Gasteiger partial charge in [-0.25, -0.2) is 14.1 Å². The van der Waals surface area contributed by atoms with Gasteiger partial charge in [0.25, 0.3) is 0 Å². The summed E-state index contributed by atoms with van der Waals surface area (Å²) in [4.78, 5) is 41.1. The third kappa shape index (κ3) is 7.13. The van der Waals surface area contributed by atoms with Crippen LogP contribution in [0, 0.1) is 0 Å². The van der Waals surface area contributed by atoms with E-state index in [2.05, 4.69) is 33.6 Å². The molecule has 2 aromatic carbocycles. The minimum Gasteiger partial charge on any atom is -0.444 e. The summed E-state index contributed by atoms with van der Waals surface area (Å²) in [5.74, 6) is -0.946. The molecule has 5 atom stereocenters. The monoisotopic (exact) mass is 637 g/mol. The quantitative estimate of drug-likeness (QED) is 0.333. The Balaban J connectivity index is 1.39. The van der Waals surface area contributed by atoms with Crippen LogP contribution in [0.2, 0.25) is 0 Å². The normalized spacial score (nSPS) is 24.8. The van der Waals surface area contributed by atoms with Crippen molar-refractivity contribution in [3.05, 3.63) is 71.8 Å². The predicted molar refractivity (Wildman–Crippen MR) is 174 cm³/mol. The number of nitrogens with zero attached hydrogens (tertiary/aromatic N) is 3. The number of benzene rings is 2. The topological polar surface area (TPSA) is 111 Å². The van der Waals surface area contributed by atoms with Crippen LogP contribution in [0.25, 0.3) is 0 Å². The summed E-state index contributed by atoms with van der Waals surface area (Å²) in [6, 6.07) is 18.8. The molecular weight excluding hydrogens is 589 g/mol. The van der Waals surface area contributed by atoms with Crippen molar-refractivity contribution in [3.8, 4) is 0 Å². The molecule has 0 radical (unpaired) electrons. The van der Waals surface area contributed by atoms with Gasteiger partial charge in [0.2, 0.25) is 11.8 Å². The first-order chi connectivity index (χ1) is 21.4. The number of ether oxygens (including phenoxy) is 1. The van der Waals surface area contributed by atoms with Gasteiger partial charge in [0.15, 0.2) is 0 Å². The first-order valence-electron chi connectivity index (χ1n) is 16.3. The number of fused-ring (bicyclic) bond motifs is 1. The van der Waals surface area contributed by atoms with Gasteiger partial charge in [-0.3, -0.25) is 24.1 Å². The van der Waals surface area contributed by atoms with Gasteiger partial charge < -0.3 is 10.1 Å². The van der Waals surface area contributed by atoms with Crippen LogP contribution in [-0.4, -0.2) is 69.0 Å². The summed E-state index contributed by atoms with van der Waals surface area (Å²) in [6.45, 7) is 9.53. The molecule has 0 unspecified atom stereocenters. The lowest BCUT2D eigenvalue weighted by molar-refractivity contribution is -0.128. The van der Waals surface area contributed by atoms with E-state index in [9.17, 15) is 14.4 Å². The Labute approximate surface area is 267 Å². The molecule has 3 fully saturated rings. The minimum atomic E-state index is -3.70. The molecule has 2 heterocycles. The van der Waals surface area contributed by atoms with Crippen LogP contribution in [-0.2, 0) is 18.9 Å². The highest BCUT2D eigenvalue weighted by Gasteiger charge is 2.59. The van der Waals surface area contributed by atoms with Crippen LogP contribution >= 0.6 is 7.59 Å². The molecule has 10 nitrogen and oxygen atoms in total. The maximum Gasteiger partial charge on any atom is 0.410 e. The van der Waals surface area contributed by atoms with E-state index < -0.39 is 37.1 Å². The zero-order valence-corrected chi connectivity index (χ0v) is 28.0. The zero-order valence-electron chi connectivity index (χ0n) is 27.1. The minimum absolute atomic E-state index is 0.00159. The summed E-state index contributed by atoms with van der Waals surface area (Å²) >= 11 is 0. The Bertz CT molecular complexity index is 1340. The second-order valence-corrected chi connectivity index (χ2v) is 15.7. The van der Waals surface area contributed by atoms with E-state index in [0.29, 0.717) is 19.4 Å². The SMILES string of the molecule is C[C@H](c1ccccc1)N1[C@@H]2CCCC[C@H]2N([C@H](C)c2ccccc2)P1(=O)NC(=O)CNC(=O)[C@@H]1CCCN1C(=O)OC(C)(C)C. The van der Waals surface area contributed by atoms with Gasteiger partial charge in [-0.2, -0.15) is 0 Å². The van der Waals surface area contributed by atoms with E-state index in [1.807, 2.05) is 60.7 Å². The molecule has 3 amide bonds. The molecule has 2 saturated heterocycles. The molecule has 0 aromatic heterocycles. The Morgan fingerprint density at radius 3 is 1.84 bits per heavy atom. The Morgan fingerprint density at radius 2 is 1.36 bits per heavy atom. The number of carbonyl (C=O) groups excluding carboxylic acids is 3. The van der Waals surface area contributed by atoms with E-state index in [-0.39, 0.29) is 30.7 Å². The van der Waals surface area contributed by atoms with Crippen molar-refractivity contribution in [3.63, 3.8) is 0 Å². The summed E-state index contributed by atoms with van der Waals surface area (Å²) in [6.07, 6.45) is 4.45. The molecule has 244 valence electrons. The average Bonchev–Trinajstić information content (AvgIpc) is 3.60. The Morgan fingerprint density at radius 1 is 0.844 bits per heavy atom. The second kappa shape index (κ2) is 13.7. The van der Waals surface area contributed by atoms with Gasteiger partial charge >= 0.3 is 13.7 Å². The molecule has 2 N–H and O–H groups in total. The summed E-state index contributed by atoms with van der Waals surface area (Å²) in [5.41, 5.74) is 1.38. The van der Waals surface area contributed by atoms with E-state index in [4.69, 9.17) is 4.74 Å². The van der Waals surface area contributed by atoms with E-state index in [1.165, 1.54) is 4.90 Å². The number of carbonyl (C=O) groups is 3. The molecule has 0 bridgehead atoms. The van der Waals surface area contributed by atoms with Crippen LogP contribution in [0.15, 0.2) is 60.7 Å². The summed E-state index contributed by atoms with van der Waals surface area (Å²) in [5, 5.41) is 5.69. The first kappa shape index (κ1) is 33.2. The molecule has 1 saturated carbocycles. The molecule has 1 aliphatic carbocycles. The smallest absolute Gasteiger partial charge is 0.410 e. The molecule has 2 aliphatic heterocycles. The largest absolute Gasteiger partial charge is 0.444 e. The van der Waals surface area contributed by atoms with Gasteiger partial charge in [0.1, 0.15) is 11.6 Å². The molecule has 5 rings (SSSR count). The lowest BCUT2D eigenvalue weighted by Gasteiger charge is -2.38. The lowest BCUT2D eigenvalue weighted by atomic mass is 9.88. The van der Waals surface area contributed by atoms with Crippen LogP contribution in [0.5, 0.6) is 0 Å². The molecular formula is C34H48N5O5P. The third-order valence-electron chi connectivity index (χ3n) is 9.23. The maximum absolute atomic E-state index is 15.6. The molecule has 45 heavy (non-hydrogen) atoms. The summed E-state index contributed by atoms with van der Waals surface area (Å²) in [7, 11) is -3.70. The number of hydrogen-bond donors (Lipinski definition) is 2. The maximum atomic E-state index is 15.6. The first-order valence-corrected chi connectivity index (χ1v) is 17.9. The van der Waals surface area contributed by atoms with Gasteiger partial charge in [-0.15, -0.1) is 0 Å². The molecule has 3 aliphatic rings. The number of likely N-dealkylation sites (tertiary alicyclic amines) is 1. The van der Waals surface area contributed by atoms with E-state index in [1.54, 1.807) is 20.8 Å².